The van der Waals surface area contributed by atoms with Crippen molar-refractivity contribution in [3.63, 3.8) is 0 Å². The lowest BCUT2D eigenvalue weighted by Gasteiger charge is -2.24. The Morgan fingerprint density at radius 2 is 1.79 bits per heavy atom. The van der Waals surface area contributed by atoms with Crippen molar-refractivity contribution in [1.82, 2.24) is 5.01 Å². The van der Waals surface area contributed by atoms with E-state index in [4.69, 9.17) is 4.74 Å². The molecule has 1 aliphatic carbocycles. The molecule has 0 radical (unpaired) electrons. The Hall–Kier alpha value is -2.80. The molecule has 1 N–H and O–H groups in total. The van der Waals surface area contributed by atoms with E-state index in [0.29, 0.717) is 18.6 Å². The number of aryl methyl sites for hydroxylation is 1. The van der Waals surface area contributed by atoms with Crippen LogP contribution in [0.1, 0.15) is 85.3 Å². The Kier molecular flexibility index (Phi) is 11.8. The molecule has 7 heteroatoms. The molecule has 1 unspecified atom stereocenters. The van der Waals surface area contributed by atoms with E-state index in [1.807, 2.05) is 54.4 Å². The maximum Gasteiger partial charge on any atom is 0.306 e. The van der Waals surface area contributed by atoms with Crippen molar-refractivity contribution < 1.29 is 14.3 Å². The maximum atomic E-state index is 13.0. The third-order valence-electron chi connectivity index (χ3n) is 7.54. The summed E-state index contributed by atoms with van der Waals surface area (Å²) in [6.45, 7) is 4.72. The third kappa shape index (κ3) is 9.71. The lowest BCUT2D eigenvalue weighted by Crippen LogP contribution is -2.27. The van der Waals surface area contributed by atoms with E-state index in [9.17, 15) is 9.59 Å². The highest BCUT2D eigenvalue weighted by Gasteiger charge is 2.23. The smallest absolute Gasteiger partial charge is 0.306 e. The summed E-state index contributed by atoms with van der Waals surface area (Å²) in [5.74, 6) is 2.31. The highest BCUT2D eigenvalue weighted by Crippen LogP contribution is 2.29. The number of rotatable bonds is 13. The van der Waals surface area contributed by atoms with Crippen LogP contribution in [0.15, 0.2) is 47.6 Å². The first kappa shape index (κ1) is 29.2. The van der Waals surface area contributed by atoms with Gasteiger partial charge in [0, 0.05) is 42.3 Å². The van der Waals surface area contributed by atoms with Gasteiger partial charge in [-0.25, -0.2) is 0 Å². The number of hydrogen-bond donors (Lipinski definition) is 1. The number of hydrazone groups is 1. The number of nitrogens with zero attached hydrogens (tertiary/aromatic N) is 2. The van der Waals surface area contributed by atoms with E-state index < -0.39 is 0 Å². The summed E-state index contributed by atoms with van der Waals surface area (Å²) in [5, 5.41) is 9.68. The maximum absolute atomic E-state index is 13.0. The number of amides is 1. The van der Waals surface area contributed by atoms with Crippen LogP contribution in [-0.2, 0) is 22.4 Å². The normalized spacial score (nSPS) is 17.2. The van der Waals surface area contributed by atoms with Gasteiger partial charge in [-0.05, 0) is 72.6 Å². The first-order valence-corrected chi connectivity index (χ1v) is 15.8. The SMILES string of the molecule is CCCCCCCCOC(=O)CC1CCc2ccc(C(=O)Nc3ccc(C=NN4CCSCC4)cc3)cc2C1. The summed E-state index contributed by atoms with van der Waals surface area (Å²) < 4.78 is 5.51. The molecule has 2 aromatic rings. The number of thioether (sulfide) groups is 1. The number of unbranched alkanes of at least 4 members (excludes halogenated alkanes) is 5. The Balaban J connectivity index is 1.23. The highest BCUT2D eigenvalue weighted by atomic mass is 32.2. The molecule has 6 nitrogen and oxygen atoms in total. The fourth-order valence-electron chi connectivity index (χ4n) is 5.18. The first-order valence-electron chi connectivity index (χ1n) is 14.7. The van der Waals surface area contributed by atoms with Crippen molar-refractivity contribution in [2.45, 2.75) is 71.1 Å². The second kappa shape index (κ2) is 15.7. The molecule has 1 amide bonds. The van der Waals surface area contributed by atoms with Crippen LogP contribution >= 0.6 is 11.8 Å². The van der Waals surface area contributed by atoms with Gasteiger partial charge in [0.25, 0.3) is 5.91 Å². The molecular formula is C32H43N3O3S. The number of nitrogens with one attached hydrogen (secondary N) is 1. The van der Waals surface area contributed by atoms with Crippen LogP contribution in [0.25, 0.3) is 0 Å². The van der Waals surface area contributed by atoms with Gasteiger partial charge in [0.05, 0.1) is 12.8 Å². The van der Waals surface area contributed by atoms with Crippen molar-refractivity contribution in [3.8, 4) is 0 Å². The first-order chi connectivity index (χ1) is 19.1. The van der Waals surface area contributed by atoms with Gasteiger partial charge in [-0.3, -0.25) is 14.6 Å². The Bertz CT molecular complexity index is 1100. The monoisotopic (exact) mass is 549 g/mol. The molecule has 210 valence electrons. The van der Waals surface area contributed by atoms with Gasteiger partial charge in [0.2, 0.25) is 0 Å². The van der Waals surface area contributed by atoms with Crippen LogP contribution in [0.4, 0.5) is 5.69 Å². The summed E-state index contributed by atoms with van der Waals surface area (Å²) in [6, 6.07) is 13.7. The minimum Gasteiger partial charge on any atom is -0.466 e. The zero-order valence-corrected chi connectivity index (χ0v) is 24.1. The van der Waals surface area contributed by atoms with Gasteiger partial charge in [-0.2, -0.15) is 16.9 Å². The van der Waals surface area contributed by atoms with Gasteiger partial charge in [0.15, 0.2) is 0 Å². The number of anilines is 1. The fourth-order valence-corrected chi connectivity index (χ4v) is 6.07. The molecule has 39 heavy (non-hydrogen) atoms. The molecule has 0 aromatic heterocycles. The minimum absolute atomic E-state index is 0.0886. The van der Waals surface area contributed by atoms with E-state index in [-0.39, 0.29) is 17.8 Å². The lowest BCUT2D eigenvalue weighted by atomic mass is 9.81. The van der Waals surface area contributed by atoms with E-state index in [0.717, 1.165) is 68.0 Å². The van der Waals surface area contributed by atoms with Gasteiger partial charge in [0.1, 0.15) is 0 Å². The van der Waals surface area contributed by atoms with E-state index in [1.165, 1.54) is 36.8 Å². The average Bonchev–Trinajstić information content (AvgIpc) is 2.96. The average molecular weight is 550 g/mol. The highest BCUT2D eigenvalue weighted by molar-refractivity contribution is 7.99. The molecule has 1 fully saturated rings. The van der Waals surface area contributed by atoms with Crippen LogP contribution in [0.2, 0.25) is 0 Å². The Morgan fingerprint density at radius 3 is 2.59 bits per heavy atom. The predicted molar refractivity (Wildman–Crippen MR) is 162 cm³/mol. The standard InChI is InChI=1S/C32H43N3O3S/c1-2-3-4-5-6-7-18-38-31(36)22-26-8-11-27-12-13-28(23-29(27)21-26)32(37)34-30-14-9-25(10-15-30)24-33-35-16-19-39-20-17-35/h9-10,12-15,23-24,26H,2-8,11,16-22H2,1H3,(H,34,37). The van der Waals surface area contributed by atoms with Crippen LogP contribution < -0.4 is 5.32 Å². The molecule has 0 spiro atoms. The van der Waals surface area contributed by atoms with Crippen molar-refractivity contribution >= 4 is 35.5 Å². The van der Waals surface area contributed by atoms with Gasteiger partial charge in [-0.15, -0.1) is 0 Å². The number of carbonyl (C=O) groups is 2. The zero-order chi connectivity index (χ0) is 27.3. The molecule has 1 heterocycles. The third-order valence-corrected chi connectivity index (χ3v) is 8.48. The molecule has 0 bridgehead atoms. The number of hydrogen-bond acceptors (Lipinski definition) is 6. The molecule has 1 atom stereocenters. The van der Waals surface area contributed by atoms with Crippen LogP contribution in [-0.4, -0.2) is 54.3 Å². The van der Waals surface area contributed by atoms with E-state index in [1.54, 1.807) is 0 Å². The Morgan fingerprint density at radius 1 is 1.03 bits per heavy atom. The van der Waals surface area contributed by atoms with E-state index >= 15 is 0 Å². The largest absolute Gasteiger partial charge is 0.466 e. The number of esters is 1. The van der Waals surface area contributed by atoms with Crippen molar-refractivity contribution in [3.05, 3.63) is 64.7 Å². The van der Waals surface area contributed by atoms with Crippen molar-refractivity contribution in [2.75, 3.05) is 36.5 Å². The van der Waals surface area contributed by atoms with Crippen LogP contribution in [0.3, 0.4) is 0 Å². The predicted octanol–water partition coefficient (Wildman–Crippen LogP) is 6.72. The fraction of sp³-hybridized carbons (Fsp3) is 0.531. The molecule has 0 saturated carbocycles. The van der Waals surface area contributed by atoms with E-state index in [2.05, 4.69) is 28.4 Å². The molecular weight excluding hydrogens is 506 g/mol. The molecule has 2 aliphatic rings. The summed E-state index contributed by atoms with van der Waals surface area (Å²) in [5.41, 5.74) is 4.87. The topological polar surface area (TPSA) is 71.0 Å². The quantitative estimate of drug-likeness (QED) is 0.171. The summed E-state index contributed by atoms with van der Waals surface area (Å²) in [6.07, 6.45) is 12.2. The minimum atomic E-state index is -0.120. The van der Waals surface area contributed by atoms with Crippen molar-refractivity contribution in [1.29, 1.82) is 0 Å². The van der Waals surface area contributed by atoms with Gasteiger partial charge < -0.3 is 10.1 Å². The molecule has 1 saturated heterocycles. The molecule has 2 aromatic carbocycles. The molecule has 1 aliphatic heterocycles. The van der Waals surface area contributed by atoms with Crippen molar-refractivity contribution in [2.24, 2.45) is 11.0 Å². The number of fused-ring (bicyclic) bond motifs is 1. The summed E-state index contributed by atoms with van der Waals surface area (Å²) >= 11 is 1.97. The second-order valence-electron chi connectivity index (χ2n) is 10.7. The van der Waals surface area contributed by atoms with Gasteiger partial charge >= 0.3 is 5.97 Å². The Labute approximate surface area is 238 Å². The molecule has 4 rings (SSSR count). The lowest BCUT2D eigenvalue weighted by molar-refractivity contribution is -0.145. The number of carbonyl (C=O) groups excluding carboxylic acids is 2. The van der Waals surface area contributed by atoms with Crippen LogP contribution in [0.5, 0.6) is 0 Å². The van der Waals surface area contributed by atoms with Crippen LogP contribution in [0, 0.1) is 5.92 Å². The summed E-state index contributed by atoms with van der Waals surface area (Å²) in [7, 11) is 0. The second-order valence-corrected chi connectivity index (χ2v) is 11.9. The summed E-state index contributed by atoms with van der Waals surface area (Å²) in [4.78, 5) is 25.4. The number of benzene rings is 2. The van der Waals surface area contributed by atoms with Gasteiger partial charge in [-0.1, -0.05) is 57.2 Å². The number of ether oxygens (including phenoxy) is 1. The zero-order valence-electron chi connectivity index (χ0n) is 23.3.